The smallest absolute Gasteiger partial charge is 0.253 e. The fourth-order valence-electron chi connectivity index (χ4n) is 1.43. The Hall–Kier alpha value is -0.620. The number of carbonyl (C=O) groups is 1. The number of rotatable bonds is 2. The van der Waals surface area contributed by atoms with Crippen LogP contribution in [0.4, 0.5) is 5.00 Å². The van der Waals surface area contributed by atoms with Crippen LogP contribution >= 0.6 is 22.9 Å². The lowest BCUT2D eigenvalue weighted by Gasteiger charge is -2.31. The van der Waals surface area contributed by atoms with Crippen LogP contribution in [-0.4, -0.2) is 31.7 Å². The number of morpholine rings is 1. The number of nitrogens with two attached hydrogens (primary N) is 1. The Morgan fingerprint density at radius 1 is 1.67 bits per heavy atom. The summed E-state index contributed by atoms with van der Waals surface area (Å²) >= 11 is 7.21. The van der Waals surface area contributed by atoms with Gasteiger partial charge in [-0.05, 0) is 12.1 Å². The molecule has 0 aliphatic carbocycles. The lowest BCUT2D eigenvalue weighted by atomic mass is 10.3. The van der Waals surface area contributed by atoms with E-state index in [9.17, 15) is 4.79 Å². The van der Waals surface area contributed by atoms with E-state index in [4.69, 9.17) is 22.1 Å². The van der Waals surface area contributed by atoms with E-state index in [0.29, 0.717) is 17.4 Å². The van der Waals surface area contributed by atoms with Gasteiger partial charge in [0.2, 0.25) is 0 Å². The molecular formula is C9H11ClN2O2S. The van der Waals surface area contributed by atoms with E-state index in [1.165, 1.54) is 11.3 Å². The fraction of sp³-hybridized carbons (Fsp3) is 0.444. The van der Waals surface area contributed by atoms with Gasteiger partial charge in [0, 0.05) is 6.54 Å². The number of amides is 1. The maximum absolute atomic E-state index is 11.6. The van der Waals surface area contributed by atoms with Crippen molar-refractivity contribution in [2.24, 2.45) is 5.73 Å². The summed E-state index contributed by atoms with van der Waals surface area (Å²) in [6, 6.07) is 3.62. The third-order valence-corrected chi connectivity index (χ3v) is 3.47. The van der Waals surface area contributed by atoms with Crippen LogP contribution in [-0.2, 0) is 9.53 Å². The van der Waals surface area contributed by atoms with E-state index < -0.39 is 0 Å². The summed E-state index contributed by atoms with van der Waals surface area (Å²) in [5.74, 6) is -0.0433. The van der Waals surface area contributed by atoms with E-state index >= 15 is 0 Å². The van der Waals surface area contributed by atoms with Crippen molar-refractivity contribution in [1.29, 1.82) is 0 Å². The van der Waals surface area contributed by atoms with E-state index in [2.05, 4.69) is 0 Å². The molecule has 0 aromatic carbocycles. The lowest BCUT2D eigenvalue weighted by molar-refractivity contribution is -0.128. The Labute approximate surface area is 96.6 Å². The third-order valence-electron chi connectivity index (χ3n) is 2.22. The molecule has 1 aliphatic rings. The molecule has 2 rings (SSSR count). The standard InChI is InChI=1S/C9H11ClN2O2S/c10-7-1-2-9(15-7)12-4-6(3-11)14-5-8(12)13/h1-2,6H,3-5,11H2. The molecule has 4 nitrogen and oxygen atoms in total. The molecular weight excluding hydrogens is 236 g/mol. The molecule has 2 N–H and O–H groups in total. The zero-order valence-corrected chi connectivity index (χ0v) is 9.55. The van der Waals surface area contributed by atoms with Crippen molar-refractivity contribution in [3.05, 3.63) is 16.5 Å². The summed E-state index contributed by atoms with van der Waals surface area (Å²) in [5, 5.41) is 0.853. The van der Waals surface area contributed by atoms with Gasteiger partial charge in [0.1, 0.15) is 6.61 Å². The van der Waals surface area contributed by atoms with Crippen LogP contribution in [0.2, 0.25) is 4.34 Å². The Morgan fingerprint density at radius 2 is 2.47 bits per heavy atom. The number of halogens is 1. The van der Waals surface area contributed by atoms with E-state index in [1.54, 1.807) is 11.0 Å². The number of anilines is 1. The zero-order valence-electron chi connectivity index (χ0n) is 7.98. The molecule has 1 fully saturated rings. The van der Waals surface area contributed by atoms with Gasteiger partial charge in [0.25, 0.3) is 5.91 Å². The minimum absolute atomic E-state index is 0.0433. The molecule has 0 saturated carbocycles. The maximum atomic E-state index is 11.6. The van der Waals surface area contributed by atoms with E-state index in [1.807, 2.05) is 6.07 Å². The second-order valence-electron chi connectivity index (χ2n) is 3.25. The first-order valence-electron chi connectivity index (χ1n) is 4.58. The van der Waals surface area contributed by atoms with Crippen molar-refractivity contribution in [3.8, 4) is 0 Å². The summed E-state index contributed by atoms with van der Waals surface area (Å²) in [6.07, 6.45) is -0.0800. The predicted octanol–water partition coefficient (Wildman–Crippen LogP) is 1.09. The van der Waals surface area contributed by atoms with E-state index in [-0.39, 0.29) is 18.6 Å². The van der Waals surface area contributed by atoms with Crippen molar-refractivity contribution in [2.75, 3.05) is 24.6 Å². The fourth-order valence-corrected chi connectivity index (χ4v) is 2.49. The molecule has 82 valence electrons. The summed E-state index contributed by atoms with van der Waals surface area (Å²) < 4.78 is 5.93. The highest BCUT2D eigenvalue weighted by Crippen LogP contribution is 2.30. The molecule has 6 heteroatoms. The first-order chi connectivity index (χ1) is 7.20. The highest BCUT2D eigenvalue weighted by atomic mass is 35.5. The van der Waals surface area contributed by atoms with E-state index in [0.717, 1.165) is 5.00 Å². The largest absolute Gasteiger partial charge is 0.365 e. The van der Waals surface area contributed by atoms with Crippen LogP contribution in [0.25, 0.3) is 0 Å². The molecule has 1 amide bonds. The van der Waals surface area contributed by atoms with Crippen molar-refractivity contribution in [2.45, 2.75) is 6.10 Å². The van der Waals surface area contributed by atoms with Gasteiger partial charge >= 0.3 is 0 Å². The number of nitrogens with zero attached hydrogens (tertiary/aromatic N) is 1. The number of thiophene rings is 1. The number of ether oxygens (including phenoxy) is 1. The Balaban J connectivity index is 2.15. The summed E-state index contributed by atoms with van der Waals surface area (Å²) in [5.41, 5.74) is 5.51. The van der Waals surface area contributed by atoms with Gasteiger partial charge in [-0.25, -0.2) is 0 Å². The highest BCUT2D eigenvalue weighted by Gasteiger charge is 2.27. The van der Waals surface area contributed by atoms with Crippen LogP contribution in [0, 0.1) is 0 Å². The molecule has 0 spiro atoms. The first-order valence-corrected chi connectivity index (χ1v) is 5.77. The third kappa shape index (κ3) is 2.31. The van der Waals surface area contributed by atoms with Crippen LogP contribution in [0.1, 0.15) is 0 Å². The minimum Gasteiger partial charge on any atom is -0.365 e. The van der Waals surface area contributed by atoms with Gasteiger partial charge in [0.05, 0.1) is 22.0 Å². The lowest BCUT2D eigenvalue weighted by Crippen LogP contribution is -2.49. The highest BCUT2D eigenvalue weighted by molar-refractivity contribution is 7.20. The molecule has 15 heavy (non-hydrogen) atoms. The molecule has 0 radical (unpaired) electrons. The Morgan fingerprint density at radius 3 is 3.07 bits per heavy atom. The van der Waals surface area contributed by atoms with Crippen LogP contribution < -0.4 is 10.6 Å². The van der Waals surface area contributed by atoms with Crippen molar-refractivity contribution < 1.29 is 9.53 Å². The van der Waals surface area contributed by atoms with Gasteiger partial charge in [0.15, 0.2) is 0 Å². The quantitative estimate of drug-likeness (QED) is 0.850. The van der Waals surface area contributed by atoms with Crippen molar-refractivity contribution in [3.63, 3.8) is 0 Å². The molecule has 1 aromatic heterocycles. The summed E-state index contributed by atoms with van der Waals surface area (Å²) in [7, 11) is 0. The van der Waals surface area contributed by atoms with Gasteiger partial charge in [-0.15, -0.1) is 11.3 Å². The van der Waals surface area contributed by atoms with Crippen molar-refractivity contribution >= 4 is 33.8 Å². The number of hydrogen-bond acceptors (Lipinski definition) is 4. The van der Waals surface area contributed by atoms with Crippen molar-refractivity contribution in [1.82, 2.24) is 0 Å². The summed E-state index contributed by atoms with van der Waals surface area (Å²) in [4.78, 5) is 13.3. The van der Waals surface area contributed by atoms with Gasteiger partial charge < -0.3 is 10.5 Å². The van der Waals surface area contributed by atoms with Gasteiger partial charge in [-0.1, -0.05) is 11.6 Å². The number of hydrogen-bond donors (Lipinski definition) is 1. The molecule has 0 bridgehead atoms. The average molecular weight is 247 g/mol. The topological polar surface area (TPSA) is 55.6 Å². The normalized spacial score (nSPS) is 22.1. The molecule has 2 heterocycles. The predicted molar refractivity (Wildman–Crippen MR) is 60.5 cm³/mol. The molecule has 1 unspecified atom stereocenters. The molecule has 1 saturated heterocycles. The second-order valence-corrected chi connectivity index (χ2v) is 4.94. The van der Waals surface area contributed by atoms with Gasteiger partial charge in [-0.2, -0.15) is 0 Å². The van der Waals surface area contributed by atoms with Crippen LogP contribution in [0.3, 0.4) is 0 Å². The minimum atomic E-state index is -0.0800. The Kier molecular flexibility index (Phi) is 3.25. The zero-order chi connectivity index (χ0) is 10.8. The second kappa shape index (κ2) is 4.49. The first kappa shape index (κ1) is 10.9. The van der Waals surface area contributed by atoms with Crippen LogP contribution in [0.5, 0.6) is 0 Å². The van der Waals surface area contributed by atoms with Crippen LogP contribution in [0.15, 0.2) is 12.1 Å². The summed E-state index contributed by atoms with van der Waals surface area (Å²) in [6.45, 7) is 1.02. The SMILES string of the molecule is NCC1CN(c2ccc(Cl)s2)C(=O)CO1. The Bertz CT molecular complexity index is 369. The molecule has 1 atom stereocenters. The average Bonchev–Trinajstić information content (AvgIpc) is 2.65. The maximum Gasteiger partial charge on any atom is 0.253 e. The number of carbonyl (C=O) groups excluding carboxylic acids is 1. The molecule has 1 aromatic rings. The monoisotopic (exact) mass is 246 g/mol. The van der Waals surface area contributed by atoms with Gasteiger partial charge in [-0.3, -0.25) is 9.69 Å². The molecule has 1 aliphatic heterocycles.